The first-order chi connectivity index (χ1) is 14.9. The first-order valence-electron chi connectivity index (χ1n) is 9.55. The van der Waals surface area contributed by atoms with Gasteiger partial charge in [-0.15, -0.1) is 4.57 Å². The van der Waals surface area contributed by atoms with E-state index in [1.54, 1.807) is 62.4 Å². The Labute approximate surface area is 177 Å². The highest BCUT2D eigenvalue weighted by Crippen LogP contribution is 2.21. The van der Waals surface area contributed by atoms with Crippen molar-refractivity contribution < 1.29 is 18.8 Å². The van der Waals surface area contributed by atoms with E-state index in [0.29, 0.717) is 39.5 Å². The molecule has 4 rings (SSSR count). The third-order valence-electron chi connectivity index (χ3n) is 4.71. The van der Waals surface area contributed by atoms with E-state index in [0.717, 1.165) is 4.57 Å². The zero-order valence-corrected chi connectivity index (χ0v) is 16.9. The number of rotatable bonds is 5. The standard InChI is InChI=1S/C23H19N3O5/c1-14-11-20-24-17(12-21(27)26(20)31-14)13-30-23(29)18-9-6-10-19(15(18)2)25-22(28)16-7-4-3-5-8-16/h3-12H,13H2,1-2H3,(H,25,28). The molecule has 0 aliphatic heterocycles. The topological polar surface area (TPSA) is 103 Å². The monoisotopic (exact) mass is 417 g/mol. The van der Waals surface area contributed by atoms with Crippen LogP contribution in [0.4, 0.5) is 5.69 Å². The molecular formula is C23H19N3O5. The molecule has 2 aromatic carbocycles. The lowest BCUT2D eigenvalue weighted by molar-refractivity contribution is 0.0466. The first-order valence-corrected chi connectivity index (χ1v) is 9.55. The summed E-state index contributed by atoms with van der Waals surface area (Å²) in [6.45, 7) is 3.26. The molecule has 0 fully saturated rings. The van der Waals surface area contributed by atoms with Gasteiger partial charge in [0.05, 0.1) is 11.3 Å². The number of aromatic nitrogens is 2. The molecule has 156 valence electrons. The highest BCUT2D eigenvalue weighted by molar-refractivity contribution is 6.05. The summed E-state index contributed by atoms with van der Waals surface area (Å²) in [5.74, 6) is -0.315. The van der Waals surface area contributed by atoms with E-state index in [2.05, 4.69) is 10.3 Å². The van der Waals surface area contributed by atoms with Gasteiger partial charge in [0.25, 0.3) is 11.5 Å². The summed E-state index contributed by atoms with van der Waals surface area (Å²) in [7, 11) is 0. The highest BCUT2D eigenvalue weighted by atomic mass is 16.5. The molecule has 0 aliphatic carbocycles. The van der Waals surface area contributed by atoms with Crippen LogP contribution in [-0.4, -0.2) is 21.4 Å². The number of nitrogens with zero attached hydrogens (tertiary/aromatic N) is 2. The minimum Gasteiger partial charge on any atom is -0.456 e. The summed E-state index contributed by atoms with van der Waals surface area (Å²) >= 11 is 0. The second kappa shape index (κ2) is 8.27. The van der Waals surface area contributed by atoms with E-state index in [1.807, 2.05) is 6.07 Å². The molecule has 4 aromatic rings. The summed E-state index contributed by atoms with van der Waals surface area (Å²) in [6.07, 6.45) is 0. The van der Waals surface area contributed by atoms with Crippen molar-refractivity contribution in [3.8, 4) is 0 Å². The average molecular weight is 417 g/mol. The number of carbonyl (C=O) groups excluding carboxylic acids is 2. The van der Waals surface area contributed by atoms with Crippen LogP contribution in [0.1, 0.15) is 37.7 Å². The minimum absolute atomic E-state index is 0.172. The Morgan fingerprint density at radius 1 is 1.06 bits per heavy atom. The second-order valence-electron chi connectivity index (χ2n) is 6.96. The third-order valence-corrected chi connectivity index (χ3v) is 4.71. The maximum absolute atomic E-state index is 12.6. The number of ether oxygens (including phenoxy) is 1. The number of fused-ring (bicyclic) bond motifs is 1. The number of esters is 1. The number of hydrogen-bond donors (Lipinski definition) is 1. The third kappa shape index (κ3) is 4.23. The maximum Gasteiger partial charge on any atom is 0.338 e. The van der Waals surface area contributed by atoms with Gasteiger partial charge in [0.1, 0.15) is 12.4 Å². The van der Waals surface area contributed by atoms with Crippen molar-refractivity contribution in [2.75, 3.05) is 5.32 Å². The van der Waals surface area contributed by atoms with Crippen molar-refractivity contribution in [3.05, 3.63) is 99.2 Å². The van der Waals surface area contributed by atoms with Crippen molar-refractivity contribution in [2.24, 2.45) is 0 Å². The molecule has 1 N–H and O–H groups in total. The summed E-state index contributed by atoms with van der Waals surface area (Å²) in [6, 6.07) is 16.7. The molecule has 1 amide bonds. The summed E-state index contributed by atoms with van der Waals surface area (Å²) < 4.78 is 11.7. The normalized spacial score (nSPS) is 10.8. The Balaban J connectivity index is 1.49. The fraction of sp³-hybridized carbons (Fsp3) is 0.130. The van der Waals surface area contributed by atoms with Crippen molar-refractivity contribution >= 4 is 23.2 Å². The number of aryl methyl sites for hydroxylation is 1. The number of anilines is 1. The fourth-order valence-electron chi connectivity index (χ4n) is 3.14. The molecule has 0 unspecified atom stereocenters. The van der Waals surface area contributed by atoms with Crippen LogP contribution in [-0.2, 0) is 11.3 Å². The number of nitrogens with one attached hydrogen (secondary N) is 1. The highest BCUT2D eigenvalue weighted by Gasteiger charge is 2.16. The number of carbonyl (C=O) groups is 2. The van der Waals surface area contributed by atoms with Gasteiger partial charge in [-0.1, -0.05) is 24.3 Å². The SMILES string of the molecule is Cc1cc2nc(COC(=O)c3cccc(NC(=O)c4ccccc4)c3C)cc(=O)n2o1. The van der Waals surface area contributed by atoms with Gasteiger partial charge in [-0.3, -0.25) is 9.59 Å². The van der Waals surface area contributed by atoms with Crippen LogP contribution in [0.3, 0.4) is 0 Å². The second-order valence-corrected chi connectivity index (χ2v) is 6.96. The van der Waals surface area contributed by atoms with Gasteiger partial charge in [0, 0.05) is 23.4 Å². The van der Waals surface area contributed by atoms with Gasteiger partial charge in [0.15, 0.2) is 5.65 Å². The lowest BCUT2D eigenvalue weighted by atomic mass is 10.1. The van der Waals surface area contributed by atoms with Crippen LogP contribution in [0.15, 0.2) is 70.0 Å². The van der Waals surface area contributed by atoms with Crippen molar-refractivity contribution in [3.63, 3.8) is 0 Å². The Bertz CT molecular complexity index is 1340. The Hall–Kier alpha value is -4.20. The molecule has 2 aromatic heterocycles. The summed E-state index contributed by atoms with van der Waals surface area (Å²) in [5, 5.41) is 2.81. The number of amides is 1. The number of benzene rings is 2. The predicted octanol–water partition coefficient (Wildman–Crippen LogP) is 3.51. The van der Waals surface area contributed by atoms with Gasteiger partial charge in [-0.05, 0) is 43.7 Å². The van der Waals surface area contributed by atoms with Crippen molar-refractivity contribution in [2.45, 2.75) is 20.5 Å². The van der Waals surface area contributed by atoms with Gasteiger partial charge in [0.2, 0.25) is 0 Å². The zero-order chi connectivity index (χ0) is 22.0. The molecular weight excluding hydrogens is 398 g/mol. The van der Waals surface area contributed by atoms with Crippen LogP contribution < -0.4 is 10.9 Å². The summed E-state index contributed by atoms with van der Waals surface area (Å²) in [5.41, 5.74) is 2.16. The maximum atomic E-state index is 12.6. The van der Waals surface area contributed by atoms with Crippen LogP contribution >= 0.6 is 0 Å². The molecule has 0 spiro atoms. The number of hydrogen-bond acceptors (Lipinski definition) is 6. The Kier molecular flexibility index (Phi) is 5.36. The van der Waals surface area contributed by atoms with Crippen LogP contribution in [0.25, 0.3) is 5.65 Å². The molecule has 0 aliphatic rings. The molecule has 31 heavy (non-hydrogen) atoms. The molecule has 0 saturated carbocycles. The molecule has 8 heteroatoms. The molecule has 0 saturated heterocycles. The van der Waals surface area contributed by atoms with Gasteiger partial charge >= 0.3 is 5.97 Å². The minimum atomic E-state index is -0.585. The smallest absolute Gasteiger partial charge is 0.338 e. The lowest BCUT2D eigenvalue weighted by Crippen LogP contribution is -2.16. The molecule has 8 nitrogen and oxygen atoms in total. The van der Waals surface area contributed by atoms with Crippen molar-refractivity contribution in [1.82, 2.24) is 9.56 Å². The van der Waals surface area contributed by atoms with Gasteiger partial charge in [-0.2, -0.15) is 0 Å². The van der Waals surface area contributed by atoms with E-state index < -0.39 is 11.5 Å². The average Bonchev–Trinajstić information content (AvgIpc) is 3.15. The van der Waals surface area contributed by atoms with E-state index in [-0.39, 0.29) is 12.5 Å². The molecule has 0 bridgehead atoms. The largest absolute Gasteiger partial charge is 0.456 e. The van der Waals surface area contributed by atoms with Crippen LogP contribution in [0, 0.1) is 13.8 Å². The van der Waals surface area contributed by atoms with Crippen molar-refractivity contribution in [1.29, 1.82) is 0 Å². The van der Waals surface area contributed by atoms with E-state index >= 15 is 0 Å². The van der Waals surface area contributed by atoms with Gasteiger partial charge in [-0.25, -0.2) is 9.78 Å². The van der Waals surface area contributed by atoms with Crippen LogP contribution in [0.2, 0.25) is 0 Å². The van der Waals surface area contributed by atoms with E-state index in [1.165, 1.54) is 6.07 Å². The predicted molar refractivity (Wildman–Crippen MR) is 113 cm³/mol. The zero-order valence-electron chi connectivity index (χ0n) is 16.9. The lowest BCUT2D eigenvalue weighted by Gasteiger charge is -2.12. The molecule has 0 atom stereocenters. The molecule has 0 radical (unpaired) electrons. The summed E-state index contributed by atoms with van der Waals surface area (Å²) in [4.78, 5) is 41.4. The molecule has 2 heterocycles. The quantitative estimate of drug-likeness (QED) is 0.499. The van der Waals surface area contributed by atoms with E-state index in [9.17, 15) is 14.4 Å². The Morgan fingerprint density at radius 3 is 2.61 bits per heavy atom. The first kappa shape index (κ1) is 20.1. The fourth-order valence-corrected chi connectivity index (χ4v) is 3.14. The Morgan fingerprint density at radius 2 is 1.84 bits per heavy atom. The van der Waals surface area contributed by atoms with Crippen LogP contribution in [0.5, 0.6) is 0 Å². The van der Waals surface area contributed by atoms with E-state index in [4.69, 9.17) is 9.26 Å². The van der Waals surface area contributed by atoms with Gasteiger partial charge < -0.3 is 14.6 Å².